The van der Waals surface area contributed by atoms with Crippen LogP contribution >= 0.6 is 11.8 Å². The predicted molar refractivity (Wildman–Crippen MR) is 165 cm³/mol. The molecule has 0 aliphatic carbocycles. The van der Waals surface area contributed by atoms with Gasteiger partial charge in [-0.25, -0.2) is 0 Å². The Labute approximate surface area is 250 Å². The molecule has 1 spiro atoms. The third kappa shape index (κ3) is 5.50. The molecule has 3 saturated heterocycles. The molecular formula is C33H47N3O4S. The van der Waals surface area contributed by atoms with Crippen LogP contribution in [0.2, 0.25) is 0 Å². The number of hydrogen-bond donors (Lipinski definition) is 1. The second-order valence-corrected chi connectivity index (χ2v) is 13.8. The van der Waals surface area contributed by atoms with Crippen molar-refractivity contribution in [2.75, 3.05) is 32.8 Å². The number of thioether (sulfide) groups is 1. The highest BCUT2D eigenvalue weighted by atomic mass is 32.2. The Bertz CT molecular complexity index is 1130. The number of hydrogen-bond acceptors (Lipinski definition) is 5. The lowest BCUT2D eigenvalue weighted by atomic mass is 9.66. The van der Waals surface area contributed by atoms with Crippen LogP contribution < -0.4 is 0 Å². The maximum atomic E-state index is 14.7. The van der Waals surface area contributed by atoms with E-state index in [1.165, 1.54) is 0 Å². The van der Waals surface area contributed by atoms with Gasteiger partial charge in [0.05, 0.1) is 29.2 Å². The minimum atomic E-state index is -0.775. The number of carbonyl (C=O) groups is 3. The Morgan fingerprint density at radius 2 is 1.71 bits per heavy atom. The molecule has 3 amide bonds. The van der Waals surface area contributed by atoms with Crippen LogP contribution in [0.15, 0.2) is 55.6 Å². The van der Waals surface area contributed by atoms with E-state index in [1.807, 2.05) is 47.1 Å². The number of aliphatic hydroxyl groups is 1. The van der Waals surface area contributed by atoms with Gasteiger partial charge in [-0.1, -0.05) is 69.2 Å². The van der Waals surface area contributed by atoms with Crippen molar-refractivity contribution >= 4 is 29.5 Å². The first-order chi connectivity index (χ1) is 19.7. The van der Waals surface area contributed by atoms with Crippen LogP contribution in [0.3, 0.4) is 0 Å². The number of likely N-dealkylation sites (tertiary alicyclic amines) is 1. The molecule has 8 heteroatoms. The van der Waals surface area contributed by atoms with Gasteiger partial charge in [-0.2, -0.15) is 0 Å². The smallest absolute Gasteiger partial charge is 0.247 e. The summed E-state index contributed by atoms with van der Waals surface area (Å²) in [6.45, 7) is 15.7. The molecule has 3 aliphatic heterocycles. The van der Waals surface area contributed by atoms with E-state index in [2.05, 4.69) is 27.0 Å². The van der Waals surface area contributed by atoms with E-state index >= 15 is 0 Å². The minimum absolute atomic E-state index is 0.0270. The normalized spacial score (nSPS) is 28.8. The maximum Gasteiger partial charge on any atom is 0.247 e. The van der Waals surface area contributed by atoms with E-state index < -0.39 is 33.4 Å². The predicted octanol–water partition coefficient (Wildman–Crippen LogP) is 4.83. The fourth-order valence-corrected chi connectivity index (χ4v) is 9.80. The summed E-state index contributed by atoms with van der Waals surface area (Å²) in [7, 11) is 0. The summed E-state index contributed by atoms with van der Waals surface area (Å²) >= 11 is 1.68. The molecule has 2 unspecified atom stereocenters. The monoisotopic (exact) mass is 581 g/mol. The number of nitrogens with zero attached hydrogens (tertiary/aromatic N) is 3. The number of rotatable bonds is 15. The summed E-state index contributed by atoms with van der Waals surface area (Å²) in [6.07, 6.45) is 8.64. The van der Waals surface area contributed by atoms with E-state index in [-0.39, 0.29) is 24.3 Å². The molecule has 4 rings (SSSR count). The van der Waals surface area contributed by atoms with Crippen molar-refractivity contribution in [2.45, 2.75) is 80.9 Å². The molecule has 0 aromatic heterocycles. The standard InChI is InChI=1S/C33H47N3O4S/c1-6-10-14-22-35(21-9-4)31(40)28-33-18-17-32(5,41-33)26(29(38)34(19-7-2)20-8-3)27(33)30(39)36(28)25(23-37)24-15-12-11-13-16-24/h7,9,11-13,15-16,25-28,37H,2,4,6,8,10,14,17-23H2,1,3,5H3/t25-,26+,27+,28?,32-,33?/m1/s1. The van der Waals surface area contributed by atoms with Crippen LogP contribution in [0.1, 0.15) is 70.9 Å². The Morgan fingerprint density at radius 1 is 1.05 bits per heavy atom. The molecule has 6 atom stereocenters. The summed E-state index contributed by atoms with van der Waals surface area (Å²) in [6, 6.07) is 8.00. The average molecular weight is 582 g/mol. The first-order valence-electron chi connectivity index (χ1n) is 15.2. The molecule has 7 nitrogen and oxygen atoms in total. The van der Waals surface area contributed by atoms with Crippen molar-refractivity contribution < 1.29 is 19.5 Å². The Hall–Kier alpha value is -2.58. The highest BCUT2D eigenvalue weighted by molar-refractivity contribution is 8.02. The quantitative estimate of drug-likeness (QED) is 0.237. The van der Waals surface area contributed by atoms with Gasteiger partial charge in [0, 0.05) is 30.9 Å². The van der Waals surface area contributed by atoms with Crippen molar-refractivity contribution in [1.82, 2.24) is 14.7 Å². The van der Waals surface area contributed by atoms with E-state index in [0.29, 0.717) is 32.6 Å². The van der Waals surface area contributed by atoms with Crippen molar-refractivity contribution in [3.8, 4) is 0 Å². The van der Waals surface area contributed by atoms with Crippen LogP contribution in [0.25, 0.3) is 0 Å². The zero-order chi connectivity index (χ0) is 29.8. The first kappa shape index (κ1) is 31.4. The van der Waals surface area contributed by atoms with Crippen LogP contribution in [-0.2, 0) is 14.4 Å². The Morgan fingerprint density at radius 3 is 2.29 bits per heavy atom. The summed E-state index contributed by atoms with van der Waals surface area (Å²) < 4.78 is -1.18. The van der Waals surface area contributed by atoms with Gasteiger partial charge in [-0.05, 0) is 38.2 Å². The molecule has 41 heavy (non-hydrogen) atoms. The van der Waals surface area contributed by atoms with Gasteiger partial charge in [-0.3, -0.25) is 14.4 Å². The van der Waals surface area contributed by atoms with Gasteiger partial charge in [-0.15, -0.1) is 24.9 Å². The topological polar surface area (TPSA) is 81.2 Å². The summed E-state index contributed by atoms with van der Waals surface area (Å²) in [4.78, 5) is 48.9. The molecular weight excluding hydrogens is 534 g/mol. The molecule has 2 bridgehead atoms. The lowest BCUT2D eigenvalue weighted by Gasteiger charge is -2.40. The van der Waals surface area contributed by atoms with Gasteiger partial charge in [0.2, 0.25) is 17.7 Å². The third-order valence-electron chi connectivity index (χ3n) is 9.25. The Kier molecular flexibility index (Phi) is 10.1. The molecule has 3 fully saturated rings. The lowest BCUT2D eigenvalue weighted by molar-refractivity contribution is -0.148. The van der Waals surface area contributed by atoms with Crippen LogP contribution in [-0.4, -0.2) is 85.8 Å². The zero-order valence-corrected chi connectivity index (χ0v) is 25.8. The van der Waals surface area contributed by atoms with E-state index in [4.69, 9.17) is 0 Å². The number of benzene rings is 1. The summed E-state index contributed by atoms with van der Waals surface area (Å²) in [5.41, 5.74) is 0.784. The van der Waals surface area contributed by atoms with Gasteiger partial charge in [0.15, 0.2) is 0 Å². The summed E-state index contributed by atoms with van der Waals surface area (Å²) in [5, 5.41) is 10.7. The second kappa shape index (κ2) is 13.2. The number of aliphatic hydroxyl groups excluding tert-OH is 1. The molecule has 224 valence electrons. The largest absolute Gasteiger partial charge is 0.394 e. The molecule has 0 radical (unpaired) electrons. The molecule has 3 heterocycles. The van der Waals surface area contributed by atoms with Gasteiger partial charge in [0.1, 0.15) is 6.04 Å². The molecule has 3 aliphatic rings. The van der Waals surface area contributed by atoms with Crippen molar-refractivity contribution in [1.29, 1.82) is 0 Å². The number of fused-ring (bicyclic) bond motifs is 1. The molecule has 1 aromatic carbocycles. The number of carbonyl (C=O) groups excluding carboxylic acids is 3. The van der Waals surface area contributed by atoms with Gasteiger partial charge >= 0.3 is 0 Å². The van der Waals surface area contributed by atoms with Crippen LogP contribution in [0, 0.1) is 11.8 Å². The highest BCUT2D eigenvalue weighted by Gasteiger charge is 2.78. The fraction of sp³-hybridized carbons (Fsp3) is 0.606. The van der Waals surface area contributed by atoms with Gasteiger partial charge < -0.3 is 19.8 Å². The molecule has 1 aromatic rings. The van der Waals surface area contributed by atoms with Crippen molar-refractivity contribution in [3.05, 3.63) is 61.2 Å². The van der Waals surface area contributed by atoms with E-state index in [9.17, 15) is 19.5 Å². The number of unbranched alkanes of at least 4 members (excludes halogenated alkanes) is 2. The second-order valence-electron chi connectivity index (χ2n) is 11.9. The minimum Gasteiger partial charge on any atom is -0.394 e. The van der Waals surface area contributed by atoms with Crippen molar-refractivity contribution in [3.63, 3.8) is 0 Å². The highest BCUT2D eigenvalue weighted by Crippen LogP contribution is 2.72. The van der Waals surface area contributed by atoms with Crippen LogP contribution in [0.5, 0.6) is 0 Å². The maximum absolute atomic E-state index is 14.7. The van der Waals surface area contributed by atoms with E-state index in [1.54, 1.807) is 28.8 Å². The zero-order valence-electron chi connectivity index (χ0n) is 25.0. The molecule has 0 saturated carbocycles. The third-order valence-corrected chi connectivity index (χ3v) is 11.2. The fourth-order valence-electron chi connectivity index (χ4n) is 7.47. The van der Waals surface area contributed by atoms with E-state index in [0.717, 1.165) is 37.7 Å². The van der Waals surface area contributed by atoms with Crippen molar-refractivity contribution in [2.24, 2.45) is 11.8 Å². The Balaban J connectivity index is 1.83. The van der Waals surface area contributed by atoms with Gasteiger partial charge in [0.25, 0.3) is 0 Å². The number of amides is 3. The van der Waals surface area contributed by atoms with Crippen LogP contribution in [0.4, 0.5) is 0 Å². The SMILES string of the molecule is C=CCN(CCCCC)C(=O)C1N([C@H](CO)c2ccccc2)C(=O)[C@@H]2[C@@H](C(=O)N(CC=C)CCC)[C@@]3(C)CCC12S3. The average Bonchev–Trinajstić information content (AvgIpc) is 3.54. The lowest BCUT2D eigenvalue weighted by Crippen LogP contribution is -2.56. The first-order valence-corrected chi connectivity index (χ1v) is 16.0. The summed E-state index contributed by atoms with van der Waals surface area (Å²) in [5.74, 6) is -1.49. The molecule has 1 N–H and O–H groups in total.